The first-order chi connectivity index (χ1) is 20.8. The SMILES string of the molecule is CCCCCOc1ccc(C2C(=C(O)c3ccc(OCCCC)cc3)C(=O)C(=O)N2c2nc(C)c(C(=O)OCC)s2)cc1. The third-order valence-corrected chi connectivity index (χ3v) is 8.14. The van der Waals surface area contributed by atoms with E-state index in [1.165, 1.54) is 4.90 Å². The predicted octanol–water partition coefficient (Wildman–Crippen LogP) is 7.00. The van der Waals surface area contributed by atoms with E-state index < -0.39 is 23.7 Å². The number of amides is 1. The smallest absolute Gasteiger partial charge is 0.350 e. The van der Waals surface area contributed by atoms with Gasteiger partial charge in [-0.2, -0.15) is 0 Å². The second-order valence-corrected chi connectivity index (χ2v) is 11.1. The second kappa shape index (κ2) is 14.8. The molecule has 1 fully saturated rings. The molecule has 228 valence electrons. The molecule has 1 N–H and O–H groups in total. The summed E-state index contributed by atoms with van der Waals surface area (Å²) in [7, 11) is 0. The number of aliphatic hydroxyl groups is 1. The first-order valence-electron chi connectivity index (χ1n) is 14.7. The normalized spacial score (nSPS) is 16.0. The molecule has 10 heteroatoms. The Morgan fingerprint density at radius 1 is 0.907 bits per heavy atom. The van der Waals surface area contributed by atoms with E-state index in [4.69, 9.17) is 14.2 Å². The number of ketones is 1. The number of aromatic nitrogens is 1. The van der Waals surface area contributed by atoms with Crippen molar-refractivity contribution in [2.24, 2.45) is 0 Å². The van der Waals surface area contributed by atoms with Gasteiger partial charge in [-0.15, -0.1) is 0 Å². The van der Waals surface area contributed by atoms with E-state index in [1.807, 2.05) is 0 Å². The molecule has 1 aliphatic rings. The van der Waals surface area contributed by atoms with E-state index in [0.29, 0.717) is 41.5 Å². The zero-order chi connectivity index (χ0) is 30.9. The van der Waals surface area contributed by atoms with Gasteiger partial charge in [0.2, 0.25) is 0 Å². The van der Waals surface area contributed by atoms with Gasteiger partial charge in [0.1, 0.15) is 22.1 Å². The Bertz CT molecular complexity index is 1460. The molecule has 0 aliphatic carbocycles. The number of nitrogens with zero attached hydrogens (tertiary/aromatic N) is 2. The van der Waals surface area contributed by atoms with Crippen LogP contribution in [0.2, 0.25) is 0 Å². The number of aliphatic hydroxyl groups excluding tert-OH is 1. The highest BCUT2D eigenvalue weighted by atomic mass is 32.1. The zero-order valence-electron chi connectivity index (χ0n) is 25.1. The number of hydrogen-bond acceptors (Lipinski definition) is 9. The average molecular weight is 607 g/mol. The Morgan fingerprint density at radius 2 is 1.51 bits per heavy atom. The third-order valence-electron chi connectivity index (χ3n) is 7.00. The highest BCUT2D eigenvalue weighted by molar-refractivity contribution is 7.17. The van der Waals surface area contributed by atoms with Crippen LogP contribution < -0.4 is 14.4 Å². The van der Waals surface area contributed by atoms with Crippen LogP contribution in [0.3, 0.4) is 0 Å². The van der Waals surface area contributed by atoms with Gasteiger partial charge in [0.25, 0.3) is 5.78 Å². The summed E-state index contributed by atoms with van der Waals surface area (Å²) in [5, 5.41) is 11.6. The minimum atomic E-state index is -0.991. The molecule has 0 spiro atoms. The van der Waals surface area contributed by atoms with Gasteiger partial charge in [-0.3, -0.25) is 14.5 Å². The molecule has 2 aromatic carbocycles. The predicted molar refractivity (Wildman–Crippen MR) is 166 cm³/mol. The summed E-state index contributed by atoms with van der Waals surface area (Å²) >= 11 is 0.971. The van der Waals surface area contributed by atoms with Gasteiger partial charge >= 0.3 is 11.9 Å². The van der Waals surface area contributed by atoms with Crippen molar-refractivity contribution in [2.75, 3.05) is 24.7 Å². The standard InChI is InChI=1S/C33H38N2O7S/c1-5-8-10-20-42-24-15-11-22(12-16-24)27-26(28(36)23-13-17-25(18-14-23)41-19-9-6-2)29(37)31(38)35(27)33-34-21(4)30(43-33)32(39)40-7-3/h11-18,27,36H,5-10,19-20H2,1-4H3. The van der Waals surface area contributed by atoms with Gasteiger partial charge in [-0.05, 0) is 68.7 Å². The van der Waals surface area contributed by atoms with Crippen LogP contribution in [0.4, 0.5) is 5.13 Å². The number of thiazole rings is 1. The monoisotopic (exact) mass is 606 g/mol. The van der Waals surface area contributed by atoms with Crippen molar-refractivity contribution in [3.05, 3.63) is 75.8 Å². The molecular formula is C33H38N2O7S. The quantitative estimate of drug-likeness (QED) is 0.0686. The van der Waals surface area contributed by atoms with E-state index in [-0.39, 0.29) is 27.9 Å². The molecule has 2 heterocycles. The number of unbranched alkanes of at least 4 members (excludes halogenated alkanes) is 3. The van der Waals surface area contributed by atoms with Gasteiger partial charge in [-0.1, -0.05) is 56.6 Å². The molecule has 1 amide bonds. The molecule has 3 aromatic rings. The third kappa shape index (κ3) is 7.25. The highest BCUT2D eigenvalue weighted by Gasteiger charge is 2.48. The van der Waals surface area contributed by atoms with Crippen LogP contribution in [-0.4, -0.2) is 47.6 Å². The first kappa shape index (κ1) is 31.7. The Labute approximate surface area is 256 Å². The summed E-state index contributed by atoms with van der Waals surface area (Å²) in [6.45, 7) is 8.90. The number of aryl methyl sites for hydroxylation is 1. The zero-order valence-corrected chi connectivity index (χ0v) is 25.9. The van der Waals surface area contributed by atoms with Crippen molar-refractivity contribution >= 4 is 39.9 Å². The van der Waals surface area contributed by atoms with Gasteiger partial charge in [0.15, 0.2) is 5.13 Å². The van der Waals surface area contributed by atoms with Gasteiger partial charge in [-0.25, -0.2) is 9.78 Å². The van der Waals surface area contributed by atoms with Crippen LogP contribution in [0.1, 0.15) is 85.4 Å². The molecule has 43 heavy (non-hydrogen) atoms. The molecule has 1 unspecified atom stereocenters. The van der Waals surface area contributed by atoms with Gasteiger partial charge < -0.3 is 19.3 Å². The van der Waals surface area contributed by atoms with E-state index >= 15 is 0 Å². The average Bonchev–Trinajstić information content (AvgIpc) is 3.52. The number of Topliss-reactive ketones (excluding diaryl/α,β-unsaturated/α-hetero) is 1. The lowest BCUT2D eigenvalue weighted by Crippen LogP contribution is -2.29. The van der Waals surface area contributed by atoms with E-state index in [9.17, 15) is 19.5 Å². The van der Waals surface area contributed by atoms with E-state index in [1.54, 1.807) is 62.4 Å². The molecule has 0 radical (unpaired) electrons. The maximum absolute atomic E-state index is 13.6. The molecule has 4 rings (SSSR count). The van der Waals surface area contributed by atoms with Crippen molar-refractivity contribution in [3.8, 4) is 11.5 Å². The minimum Gasteiger partial charge on any atom is -0.507 e. The molecule has 0 saturated carbocycles. The van der Waals surface area contributed by atoms with E-state index in [2.05, 4.69) is 18.8 Å². The van der Waals surface area contributed by atoms with Crippen LogP contribution in [0.15, 0.2) is 54.1 Å². The number of anilines is 1. The van der Waals surface area contributed by atoms with Crippen molar-refractivity contribution in [3.63, 3.8) is 0 Å². The molecular weight excluding hydrogens is 568 g/mol. The number of esters is 1. The first-order valence-corrected chi connectivity index (χ1v) is 15.5. The molecule has 1 aliphatic heterocycles. The summed E-state index contributed by atoms with van der Waals surface area (Å²) in [6.07, 6.45) is 5.02. The lowest BCUT2D eigenvalue weighted by Gasteiger charge is -2.23. The molecule has 1 aromatic heterocycles. The Morgan fingerprint density at radius 3 is 2.12 bits per heavy atom. The summed E-state index contributed by atoms with van der Waals surface area (Å²) in [6, 6.07) is 12.8. The minimum absolute atomic E-state index is 0.0770. The summed E-state index contributed by atoms with van der Waals surface area (Å²) < 4.78 is 16.7. The van der Waals surface area contributed by atoms with Crippen molar-refractivity contribution in [1.29, 1.82) is 0 Å². The Balaban J connectivity index is 1.75. The van der Waals surface area contributed by atoms with Crippen LogP contribution in [0, 0.1) is 6.92 Å². The maximum atomic E-state index is 13.6. The van der Waals surface area contributed by atoms with Crippen molar-refractivity contribution in [1.82, 2.24) is 4.98 Å². The Kier molecular flexibility index (Phi) is 10.9. The fourth-order valence-electron chi connectivity index (χ4n) is 4.70. The number of ether oxygens (including phenoxy) is 3. The van der Waals surface area contributed by atoms with Crippen LogP contribution >= 0.6 is 11.3 Å². The number of benzene rings is 2. The number of carbonyl (C=O) groups excluding carboxylic acids is 3. The fourth-order valence-corrected chi connectivity index (χ4v) is 5.69. The van der Waals surface area contributed by atoms with Gasteiger partial charge in [0, 0.05) is 5.56 Å². The topological polar surface area (TPSA) is 115 Å². The number of rotatable bonds is 14. The largest absolute Gasteiger partial charge is 0.507 e. The fraction of sp³-hybridized carbons (Fsp3) is 0.394. The van der Waals surface area contributed by atoms with Crippen LogP contribution in [-0.2, 0) is 14.3 Å². The van der Waals surface area contributed by atoms with Crippen molar-refractivity contribution in [2.45, 2.75) is 65.8 Å². The summed E-state index contributed by atoms with van der Waals surface area (Å²) in [5.41, 5.74) is 1.25. The molecule has 9 nitrogen and oxygen atoms in total. The van der Waals surface area contributed by atoms with Gasteiger partial charge in [0.05, 0.1) is 37.1 Å². The molecule has 0 bridgehead atoms. The lowest BCUT2D eigenvalue weighted by molar-refractivity contribution is -0.132. The lowest BCUT2D eigenvalue weighted by atomic mass is 9.95. The number of hydrogen-bond donors (Lipinski definition) is 1. The summed E-state index contributed by atoms with van der Waals surface area (Å²) in [4.78, 5) is 45.6. The number of carbonyl (C=O) groups is 3. The Hall–Kier alpha value is -4.18. The van der Waals surface area contributed by atoms with Crippen molar-refractivity contribution < 1.29 is 33.7 Å². The summed E-state index contributed by atoms with van der Waals surface area (Å²) in [5.74, 6) is -1.27. The van der Waals surface area contributed by atoms with Crippen LogP contribution in [0.5, 0.6) is 11.5 Å². The second-order valence-electron chi connectivity index (χ2n) is 10.2. The molecule has 1 atom stereocenters. The molecule has 1 saturated heterocycles. The maximum Gasteiger partial charge on any atom is 0.350 e. The highest BCUT2D eigenvalue weighted by Crippen LogP contribution is 2.44. The van der Waals surface area contributed by atoms with E-state index in [0.717, 1.165) is 43.4 Å². The van der Waals surface area contributed by atoms with Crippen LogP contribution in [0.25, 0.3) is 5.76 Å².